The predicted octanol–water partition coefficient (Wildman–Crippen LogP) is 2.44. The van der Waals surface area contributed by atoms with E-state index in [0.717, 1.165) is 12.8 Å². The van der Waals surface area contributed by atoms with E-state index in [2.05, 4.69) is 20.8 Å². The molecule has 1 aliphatic rings. The Bertz CT molecular complexity index is 435. The van der Waals surface area contributed by atoms with Crippen molar-refractivity contribution in [1.82, 2.24) is 5.06 Å². The molecule has 1 fully saturated rings. The molecule has 0 saturated carbocycles. The molecule has 23 heavy (non-hydrogen) atoms. The van der Waals surface area contributed by atoms with E-state index in [1.807, 2.05) is 20.0 Å². The largest absolute Gasteiger partial charge is 0.479 e. The monoisotopic (exact) mass is 345 g/mol. The van der Waals surface area contributed by atoms with E-state index in [4.69, 9.17) is 9.26 Å². The predicted molar refractivity (Wildman–Crippen MR) is 90.5 cm³/mol. The van der Waals surface area contributed by atoms with Gasteiger partial charge in [-0.2, -0.15) is 5.06 Å². The average Bonchev–Trinajstić information content (AvgIpc) is 2.78. The summed E-state index contributed by atoms with van der Waals surface area (Å²) in [5, 5.41) is 11.2. The van der Waals surface area contributed by atoms with Gasteiger partial charge in [0.05, 0.1) is 6.61 Å². The number of unbranched alkanes of at least 4 members (excludes halogenated alkanes) is 1. The maximum absolute atomic E-state index is 12.6. The van der Waals surface area contributed by atoms with E-state index in [0.29, 0.717) is 6.54 Å². The van der Waals surface area contributed by atoms with Crippen LogP contribution in [0.2, 0.25) is 13.1 Å². The summed E-state index contributed by atoms with van der Waals surface area (Å²) in [6.45, 7) is 12.8. The zero-order chi connectivity index (χ0) is 17.8. The molecule has 7 heteroatoms. The second kappa shape index (κ2) is 7.77. The first-order chi connectivity index (χ1) is 10.6. The van der Waals surface area contributed by atoms with Crippen molar-refractivity contribution in [2.75, 3.05) is 13.2 Å². The van der Waals surface area contributed by atoms with Gasteiger partial charge in [-0.3, -0.25) is 0 Å². The molecule has 134 valence electrons. The van der Waals surface area contributed by atoms with Crippen molar-refractivity contribution in [1.29, 1.82) is 0 Å². The lowest BCUT2D eigenvalue weighted by molar-refractivity contribution is -0.193. The summed E-state index contributed by atoms with van der Waals surface area (Å²) < 4.78 is 11.1. The third-order valence-electron chi connectivity index (χ3n) is 4.34. The number of aliphatic carboxylic acids is 1. The number of nitrogens with zero attached hydrogens (tertiary/aromatic N) is 1. The van der Waals surface area contributed by atoms with Gasteiger partial charge in [0.25, 0.3) is 0 Å². The number of hydrogen-bond donors (Lipinski definition) is 1. The minimum Gasteiger partial charge on any atom is -0.479 e. The minimum absolute atomic E-state index is 0.0464. The molecule has 1 aliphatic heterocycles. The van der Waals surface area contributed by atoms with Crippen LogP contribution >= 0.6 is 0 Å². The Kier molecular flexibility index (Phi) is 6.79. The summed E-state index contributed by atoms with van der Waals surface area (Å²) in [6, 6.07) is 0. The summed E-state index contributed by atoms with van der Waals surface area (Å²) in [4.78, 5) is 24.7. The quantitative estimate of drug-likeness (QED) is 0.330. The highest BCUT2D eigenvalue weighted by Gasteiger charge is 2.61. The van der Waals surface area contributed by atoms with E-state index in [9.17, 15) is 14.7 Å². The number of esters is 1. The molecule has 0 aromatic rings. The number of rotatable bonds is 7. The Balaban J connectivity index is 3.11. The summed E-state index contributed by atoms with van der Waals surface area (Å²) in [5.41, 5.74) is -1.83. The van der Waals surface area contributed by atoms with Crippen LogP contribution in [0.3, 0.4) is 0 Å². The van der Waals surface area contributed by atoms with Gasteiger partial charge in [0.1, 0.15) is 0 Å². The molecule has 1 N–H and O–H groups in total. The molecule has 0 amide bonds. The first kappa shape index (κ1) is 20.1. The van der Waals surface area contributed by atoms with E-state index < -0.39 is 26.5 Å². The first-order valence-electron chi connectivity index (χ1n) is 8.40. The fraction of sp³-hybridized carbons (Fsp3) is 0.875. The Labute approximate surface area is 140 Å². The van der Waals surface area contributed by atoms with Gasteiger partial charge in [-0.05, 0) is 37.3 Å². The summed E-state index contributed by atoms with van der Waals surface area (Å²) in [6.07, 6.45) is 1.83. The third kappa shape index (κ3) is 4.55. The Hall–Kier alpha value is -0.923. The normalized spacial score (nSPS) is 25.8. The van der Waals surface area contributed by atoms with Crippen LogP contribution in [-0.4, -0.2) is 49.8 Å². The van der Waals surface area contributed by atoms with Crippen molar-refractivity contribution in [3.8, 4) is 0 Å². The number of hydroxylamine groups is 2. The molecule has 1 saturated heterocycles. The highest BCUT2D eigenvalue weighted by molar-refractivity contribution is 6.48. The molecule has 0 radical (unpaired) electrons. The first-order valence-corrected chi connectivity index (χ1v) is 11.2. The van der Waals surface area contributed by atoms with Crippen molar-refractivity contribution in [2.45, 2.75) is 65.6 Å². The molecular weight excluding hydrogens is 314 g/mol. The van der Waals surface area contributed by atoms with Gasteiger partial charge in [-0.15, -0.1) is 0 Å². The zero-order valence-electron chi connectivity index (χ0n) is 15.2. The maximum atomic E-state index is 12.6. The van der Waals surface area contributed by atoms with Crippen LogP contribution in [0, 0.1) is 11.3 Å². The molecule has 2 atom stereocenters. The van der Waals surface area contributed by atoms with Crippen LogP contribution in [0.1, 0.15) is 47.0 Å². The molecular formula is C16H31NO5Si. The highest BCUT2D eigenvalue weighted by atomic mass is 28.3. The third-order valence-corrected chi connectivity index (χ3v) is 5.02. The number of carboxylic acids is 1. The van der Waals surface area contributed by atoms with E-state index in [1.54, 1.807) is 0 Å². The minimum atomic E-state index is -1.72. The fourth-order valence-electron chi connectivity index (χ4n) is 2.74. The zero-order valence-corrected chi connectivity index (χ0v) is 16.4. The molecule has 0 spiro atoms. The Morgan fingerprint density at radius 3 is 2.39 bits per heavy atom. The number of carbonyl (C=O) groups excluding carboxylic acids is 1. The smallest absolute Gasteiger partial charge is 0.340 e. The average molecular weight is 346 g/mol. The van der Waals surface area contributed by atoms with Gasteiger partial charge in [-0.1, -0.05) is 34.1 Å². The molecule has 1 unspecified atom stereocenters. The van der Waals surface area contributed by atoms with Crippen LogP contribution in [0.5, 0.6) is 0 Å². The second-order valence-corrected chi connectivity index (χ2v) is 9.95. The van der Waals surface area contributed by atoms with Crippen LogP contribution in [-0.2, 0) is 18.9 Å². The van der Waals surface area contributed by atoms with Crippen molar-refractivity contribution in [2.24, 2.45) is 11.3 Å². The summed E-state index contributed by atoms with van der Waals surface area (Å²) in [5.74, 6) is -1.83. The van der Waals surface area contributed by atoms with E-state index >= 15 is 0 Å². The fourth-order valence-corrected chi connectivity index (χ4v) is 3.52. The second-order valence-electron chi connectivity index (χ2n) is 7.64. The van der Waals surface area contributed by atoms with Crippen LogP contribution in [0.15, 0.2) is 0 Å². The highest BCUT2D eigenvalue weighted by Crippen LogP contribution is 2.43. The van der Waals surface area contributed by atoms with E-state index in [1.165, 1.54) is 5.06 Å². The lowest BCUT2D eigenvalue weighted by Gasteiger charge is -2.32. The van der Waals surface area contributed by atoms with Gasteiger partial charge in [0.15, 0.2) is 9.04 Å². The van der Waals surface area contributed by atoms with Crippen LogP contribution in [0.4, 0.5) is 0 Å². The molecule has 1 rings (SSSR count). The van der Waals surface area contributed by atoms with Gasteiger partial charge in [0.2, 0.25) is 5.54 Å². The summed E-state index contributed by atoms with van der Waals surface area (Å²) >= 11 is 0. The maximum Gasteiger partial charge on any atom is 0.340 e. The van der Waals surface area contributed by atoms with Crippen molar-refractivity contribution in [3.05, 3.63) is 0 Å². The Morgan fingerprint density at radius 2 is 1.96 bits per heavy atom. The van der Waals surface area contributed by atoms with Crippen LogP contribution in [0.25, 0.3) is 0 Å². The number of hydrogen-bond acceptors (Lipinski definition) is 5. The van der Waals surface area contributed by atoms with Crippen molar-refractivity contribution in [3.63, 3.8) is 0 Å². The van der Waals surface area contributed by atoms with Gasteiger partial charge >= 0.3 is 11.9 Å². The molecule has 1 heterocycles. The molecule has 0 bridgehead atoms. The Morgan fingerprint density at radius 1 is 1.35 bits per heavy atom. The van der Waals surface area contributed by atoms with Gasteiger partial charge < -0.3 is 14.4 Å². The molecule has 0 aliphatic carbocycles. The van der Waals surface area contributed by atoms with Crippen molar-refractivity contribution < 1.29 is 24.0 Å². The standard InChI is InChI=1S/C16H31NO5Si/c1-7-8-9-21-14(20)16(13(18)19)10-12(15(2,3)4)11-17(16)22-23(5)6/h12,23H,7-11H2,1-6H3,(H,18,19)/t12?,16-/m0/s1. The topological polar surface area (TPSA) is 76.1 Å². The van der Waals surface area contributed by atoms with Crippen LogP contribution < -0.4 is 0 Å². The molecule has 0 aromatic heterocycles. The van der Waals surface area contributed by atoms with Crippen molar-refractivity contribution >= 4 is 21.0 Å². The SMILES string of the molecule is CCCCOC(=O)[C@@]1(C(=O)O)CC(C(C)(C)C)CN1O[SiH](C)C. The lowest BCUT2D eigenvalue weighted by atomic mass is 9.77. The van der Waals surface area contributed by atoms with Gasteiger partial charge in [-0.25, -0.2) is 9.59 Å². The molecule has 0 aromatic carbocycles. The number of ether oxygens (including phenoxy) is 1. The summed E-state index contributed by atoms with van der Waals surface area (Å²) in [7, 11) is -1.55. The van der Waals surface area contributed by atoms with Gasteiger partial charge in [0, 0.05) is 6.54 Å². The lowest BCUT2D eigenvalue weighted by Crippen LogP contribution is -2.58. The van der Waals surface area contributed by atoms with E-state index in [-0.39, 0.29) is 24.4 Å². The number of carbonyl (C=O) groups is 2. The molecule has 6 nitrogen and oxygen atoms in total. The number of carboxylic acid groups (broad SMARTS) is 1.